The molecule has 3 rings (SSSR count). The second kappa shape index (κ2) is 8.45. The number of H-pyrrole nitrogens is 1. The molecule has 0 unspecified atom stereocenters. The van der Waals surface area contributed by atoms with Crippen molar-refractivity contribution >= 4 is 39.1 Å². The fraction of sp³-hybridized carbons (Fsp3) is 0.211. The van der Waals surface area contributed by atoms with E-state index >= 15 is 0 Å². The SMILES string of the molecule is C[C@@H](OC(=O)CCc1nc2ccccc2c(=O)[nH]1)C(=O)Nc1sccc1C#N. The summed E-state index contributed by atoms with van der Waals surface area (Å²) in [5, 5.41) is 14.1. The third-order valence-corrected chi connectivity index (χ3v) is 4.76. The number of para-hydroxylation sites is 1. The van der Waals surface area contributed by atoms with E-state index in [2.05, 4.69) is 15.3 Å². The number of esters is 1. The molecule has 0 radical (unpaired) electrons. The van der Waals surface area contributed by atoms with E-state index < -0.39 is 18.0 Å². The van der Waals surface area contributed by atoms with Crippen molar-refractivity contribution in [1.29, 1.82) is 5.26 Å². The molecule has 9 heteroatoms. The van der Waals surface area contributed by atoms with Crippen LogP contribution in [-0.4, -0.2) is 27.9 Å². The van der Waals surface area contributed by atoms with Crippen molar-refractivity contribution in [2.75, 3.05) is 5.32 Å². The fourth-order valence-corrected chi connectivity index (χ4v) is 3.23. The number of fused-ring (bicyclic) bond motifs is 1. The molecule has 0 spiro atoms. The van der Waals surface area contributed by atoms with Gasteiger partial charge in [-0.15, -0.1) is 11.3 Å². The molecule has 0 bridgehead atoms. The highest BCUT2D eigenvalue weighted by Gasteiger charge is 2.19. The molecule has 0 saturated carbocycles. The number of nitrogens with one attached hydrogen (secondary N) is 2. The number of thiophene rings is 1. The van der Waals surface area contributed by atoms with Crippen LogP contribution in [-0.2, 0) is 20.7 Å². The van der Waals surface area contributed by atoms with Crippen LogP contribution in [0.4, 0.5) is 5.00 Å². The zero-order chi connectivity index (χ0) is 20.1. The van der Waals surface area contributed by atoms with Gasteiger partial charge in [-0.3, -0.25) is 14.4 Å². The van der Waals surface area contributed by atoms with Gasteiger partial charge < -0.3 is 15.0 Å². The van der Waals surface area contributed by atoms with E-state index in [0.717, 1.165) is 0 Å². The first kappa shape index (κ1) is 19.3. The molecule has 142 valence electrons. The van der Waals surface area contributed by atoms with Gasteiger partial charge in [0.1, 0.15) is 16.9 Å². The largest absolute Gasteiger partial charge is 0.453 e. The summed E-state index contributed by atoms with van der Waals surface area (Å²) >= 11 is 1.21. The highest BCUT2D eigenvalue weighted by molar-refractivity contribution is 7.14. The lowest BCUT2D eigenvalue weighted by Gasteiger charge is -2.13. The molecular formula is C19H16N4O4S. The molecule has 1 amide bonds. The number of carbonyl (C=O) groups is 2. The topological polar surface area (TPSA) is 125 Å². The number of aryl methyl sites for hydroxylation is 1. The number of rotatable bonds is 6. The number of benzene rings is 1. The summed E-state index contributed by atoms with van der Waals surface area (Å²) in [5.41, 5.74) is 0.626. The third-order valence-electron chi connectivity index (χ3n) is 3.93. The number of hydrogen-bond donors (Lipinski definition) is 2. The molecule has 28 heavy (non-hydrogen) atoms. The molecular weight excluding hydrogens is 380 g/mol. The van der Waals surface area contributed by atoms with Crippen molar-refractivity contribution in [2.45, 2.75) is 25.9 Å². The standard InChI is InChI=1S/C19H16N4O4S/c1-11(17(25)23-19-12(10-20)8-9-28-19)27-16(24)7-6-15-21-14-5-3-2-4-13(14)18(26)22-15/h2-5,8-9,11H,6-7H2,1H3,(H,23,25)(H,21,22,26)/t11-/m1/s1. The van der Waals surface area contributed by atoms with Crippen molar-refractivity contribution < 1.29 is 14.3 Å². The molecule has 0 aliphatic heterocycles. The lowest BCUT2D eigenvalue weighted by molar-refractivity contribution is -0.153. The number of nitrogens with zero attached hydrogens (tertiary/aromatic N) is 2. The highest BCUT2D eigenvalue weighted by atomic mass is 32.1. The summed E-state index contributed by atoms with van der Waals surface area (Å²) in [6.45, 7) is 1.45. The maximum atomic E-state index is 12.1. The van der Waals surface area contributed by atoms with Crippen LogP contribution in [0, 0.1) is 11.3 Å². The van der Waals surface area contributed by atoms with Crippen LogP contribution in [0.25, 0.3) is 10.9 Å². The minimum Gasteiger partial charge on any atom is -0.453 e. The number of aromatic amines is 1. The zero-order valence-corrected chi connectivity index (χ0v) is 15.7. The van der Waals surface area contributed by atoms with Crippen LogP contribution < -0.4 is 10.9 Å². The van der Waals surface area contributed by atoms with Gasteiger partial charge in [0.15, 0.2) is 6.10 Å². The Morgan fingerprint density at radius 3 is 2.93 bits per heavy atom. The molecule has 1 aromatic carbocycles. The van der Waals surface area contributed by atoms with E-state index in [0.29, 0.717) is 27.3 Å². The minimum absolute atomic E-state index is 0.0403. The van der Waals surface area contributed by atoms with Gasteiger partial charge in [-0.25, -0.2) is 4.98 Å². The first-order valence-corrected chi connectivity index (χ1v) is 9.31. The summed E-state index contributed by atoms with van der Waals surface area (Å²) in [6.07, 6.45) is -0.886. The van der Waals surface area contributed by atoms with Crippen LogP contribution in [0.15, 0.2) is 40.5 Å². The quantitative estimate of drug-likeness (QED) is 0.616. The van der Waals surface area contributed by atoms with Gasteiger partial charge in [-0.2, -0.15) is 5.26 Å². The van der Waals surface area contributed by atoms with Crippen molar-refractivity contribution in [3.63, 3.8) is 0 Å². The number of amides is 1. The van der Waals surface area contributed by atoms with Gasteiger partial charge in [0.2, 0.25) is 0 Å². The van der Waals surface area contributed by atoms with Crippen LogP contribution >= 0.6 is 11.3 Å². The van der Waals surface area contributed by atoms with Gasteiger partial charge in [0, 0.05) is 6.42 Å². The maximum Gasteiger partial charge on any atom is 0.307 e. The molecule has 8 nitrogen and oxygen atoms in total. The lowest BCUT2D eigenvalue weighted by atomic mass is 10.2. The Morgan fingerprint density at radius 1 is 1.36 bits per heavy atom. The smallest absolute Gasteiger partial charge is 0.307 e. The van der Waals surface area contributed by atoms with E-state index in [1.165, 1.54) is 18.3 Å². The number of aromatic nitrogens is 2. The predicted molar refractivity (Wildman–Crippen MR) is 104 cm³/mol. The molecule has 2 N–H and O–H groups in total. The summed E-state index contributed by atoms with van der Waals surface area (Å²) < 4.78 is 5.12. The molecule has 3 aromatic rings. The molecule has 0 fully saturated rings. The van der Waals surface area contributed by atoms with Gasteiger partial charge in [0.25, 0.3) is 11.5 Å². The summed E-state index contributed by atoms with van der Waals surface area (Å²) in [4.78, 5) is 43.2. The average Bonchev–Trinajstić information content (AvgIpc) is 3.13. The zero-order valence-electron chi connectivity index (χ0n) is 14.9. The van der Waals surface area contributed by atoms with E-state index in [9.17, 15) is 14.4 Å². The Hall–Kier alpha value is -3.51. The second-order valence-corrected chi connectivity index (χ2v) is 6.84. The Balaban J connectivity index is 1.56. The monoisotopic (exact) mass is 396 g/mol. The van der Waals surface area contributed by atoms with Gasteiger partial charge >= 0.3 is 5.97 Å². The number of ether oxygens (including phenoxy) is 1. The van der Waals surface area contributed by atoms with E-state index in [1.54, 1.807) is 35.7 Å². The summed E-state index contributed by atoms with van der Waals surface area (Å²) in [7, 11) is 0. The number of anilines is 1. The number of nitriles is 1. The predicted octanol–water partition coefficient (Wildman–Crippen LogP) is 2.36. The van der Waals surface area contributed by atoms with Gasteiger partial charge in [-0.1, -0.05) is 12.1 Å². The second-order valence-electron chi connectivity index (χ2n) is 5.93. The van der Waals surface area contributed by atoms with Crippen molar-refractivity contribution in [3.8, 4) is 6.07 Å². The number of carbonyl (C=O) groups excluding carboxylic acids is 2. The third kappa shape index (κ3) is 4.42. The molecule has 0 aliphatic rings. The number of hydrogen-bond acceptors (Lipinski definition) is 7. The van der Waals surface area contributed by atoms with Crippen molar-refractivity contribution in [1.82, 2.24) is 9.97 Å². The first-order valence-electron chi connectivity index (χ1n) is 8.44. The first-order chi connectivity index (χ1) is 13.5. The Morgan fingerprint density at radius 2 is 2.14 bits per heavy atom. The minimum atomic E-state index is -1.02. The summed E-state index contributed by atoms with van der Waals surface area (Å²) in [5.74, 6) is -0.746. The lowest BCUT2D eigenvalue weighted by Crippen LogP contribution is -2.30. The molecule has 0 saturated heterocycles. The summed E-state index contributed by atoms with van der Waals surface area (Å²) in [6, 6.07) is 10.5. The maximum absolute atomic E-state index is 12.1. The van der Waals surface area contributed by atoms with E-state index in [-0.39, 0.29) is 18.4 Å². The van der Waals surface area contributed by atoms with Crippen LogP contribution in [0.2, 0.25) is 0 Å². The fourth-order valence-electron chi connectivity index (χ4n) is 2.49. The highest BCUT2D eigenvalue weighted by Crippen LogP contribution is 2.22. The van der Waals surface area contributed by atoms with Gasteiger partial charge in [-0.05, 0) is 30.5 Å². The molecule has 2 aromatic heterocycles. The molecule has 1 atom stereocenters. The Bertz CT molecular complexity index is 1130. The van der Waals surface area contributed by atoms with Crippen LogP contribution in [0.1, 0.15) is 24.7 Å². The van der Waals surface area contributed by atoms with Crippen molar-refractivity contribution in [2.24, 2.45) is 0 Å². The van der Waals surface area contributed by atoms with Crippen LogP contribution in [0.3, 0.4) is 0 Å². The Kier molecular flexibility index (Phi) is 5.81. The van der Waals surface area contributed by atoms with Gasteiger partial charge in [0.05, 0.1) is 22.9 Å². The normalized spacial score (nSPS) is 11.6. The van der Waals surface area contributed by atoms with Crippen molar-refractivity contribution in [3.05, 3.63) is 57.5 Å². The molecule has 0 aliphatic carbocycles. The van der Waals surface area contributed by atoms with E-state index in [1.807, 2.05) is 6.07 Å². The molecule has 2 heterocycles. The van der Waals surface area contributed by atoms with Crippen LogP contribution in [0.5, 0.6) is 0 Å². The van der Waals surface area contributed by atoms with E-state index in [4.69, 9.17) is 10.00 Å². The average molecular weight is 396 g/mol. The Labute approximate surface area is 163 Å².